The van der Waals surface area contributed by atoms with Crippen LogP contribution in [-0.4, -0.2) is 6.71 Å². The van der Waals surface area contributed by atoms with E-state index in [1.165, 1.54) is 27.4 Å². The predicted molar refractivity (Wildman–Crippen MR) is 217 cm³/mol. The lowest BCUT2D eigenvalue weighted by Gasteiger charge is -2.40. The molecule has 5 heteroatoms. The van der Waals surface area contributed by atoms with Crippen LogP contribution in [0.3, 0.4) is 0 Å². The Morgan fingerprint density at radius 2 is 1.19 bits per heavy atom. The van der Waals surface area contributed by atoms with Crippen molar-refractivity contribution in [1.82, 2.24) is 0 Å². The number of ether oxygens (including phenoxy) is 1. The minimum atomic E-state index is -0.0461. The summed E-state index contributed by atoms with van der Waals surface area (Å²) in [6.45, 7) is 2.11. The highest BCUT2D eigenvalue weighted by Gasteiger charge is 2.43. The zero-order valence-electron chi connectivity index (χ0n) is 28.5. The number of rotatable bonds is 4. The van der Waals surface area contributed by atoms with E-state index in [1.807, 2.05) is 12.1 Å². The van der Waals surface area contributed by atoms with E-state index in [-0.39, 0.29) is 6.71 Å². The molecule has 4 nitrogen and oxygen atoms in total. The maximum absolute atomic E-state index is 6.94. The van der Waals surface area contributed by atoms with Crippen molar-refractivity contribution in [3.8, 4) is 11.5 Å². The highest BCUT2D eigenvalue weighted by atomic mass is 16.5. The van der Waals surface area contributed by atoms with Crippen LogP contribution in [0.15, 0.2) is 174 Å². The largest absolute Gasteiger partial charge is 0.458 e. The molecule has 11 rings (SSSR count). The molecule has 0 fully saturated rings. The lowest BCUT2D eigenvalue weighted by Crippen LogP contribution is -2.59. The molecule has 0 spiro atoms. The summed E-state index contributed by atoms with van der Waals surface area (Å²) in [6.07, 6.45) is 0. The number of anilines is 6. The van der Waals surface area contributed by atoms with E-state index in [0.717, 1.165) is 72.9 Å². The number of furan rings is 1. The molecule has 0 N–H and O–H groups in total. The third-order valence-corrected chi connectivity index (χ3v) is 10.7. The second-order valence-corrected chi connectivity index (χ2v) is 13.8. The van der Waals surface area contributed by atoms with Gasteiger partial charge < -0.3 is 19.0 Å². The highest BCUT2D eigenvalue weighted by molar-refractivity contribution is 7.00. The summed E-state index contributed by atoms with van der Waals surface area (Å²) >= 11 is 0. The molecule has 9 aromatic rings. The van der Waals surface area contributed by atoms with Crippen LogP contribution in [0, 0.1) is 6.92 Å². The van der Waals surface area contributed by atoms with Gasteiger partial charge in [-0.1, -0.05) is 84.9 Å². The fraction of sp³-hybridized carbons (Fsp3) is 0.0213. The molecule has 0 saturated heterocycles. The molecule has 1 aromatic heterocycles. The summed E-state index contributed by atoms with van der Waals surface area (Å²) in [5.74, 6) is 1.78. The Morgan fingerprint density at radius 1 is 0.500 bits per heavy atom. The van der Waals surface area contributed by atoms with Crippen LogP contribution in [0.4, 0.5) is 34.1 Å². The summed E-state index contributed by atoms with van der Waals surface area (Å²) in [5, 5.41) is 4.57. The maximum atomic E-state index is 6.94. The number of hydrogen-bond acceptors (Lipinski definition) is 4. The minimum absolute atomic E-state index is 0.0461. The Kier molecular flexibility index (Phi) is 6.23. The average Bonchev–Trinajstić information content (AvgIpc) is 3.54. The van der Waals surface area contributed by atoms with Gasteiger partial charge in [0.25, 0.3) is 6.71 Å². The maximum Gasteiger partial charge on any atom is 0.257 e. The van der Waals surface area contributed by atoms with E-state index in [2.05, 4.69) is 174 Å². The Balaban J connectivity index is 1.14. The highest BCUT2D eigenvalue weighted by Crippen LogP contribution is 2.44. The summed E-state index contributed by atoms with van der Waals surface area (Å²) in [5.41, 5.74) is 13.1. The molecule has 0 saturated carbocycles. The summed E-state index contributed by atoms with van der Waals surface area (Å²) < 4.78 is 13.7. The first-order valence-electron chi connectivity index (χ1n) is 17.8. The second kappa shape index (κ2) is 11.1. The van der Waals surface area contributed by atoms with Gasteiger partial charge in [-0.05, 0) is 119 Å². The number of aryl methyl sites for hydroxylation is 1. The van der Waals surface area contributed by atoms with Gasteiger partial charge in [0.2, 0.25) is 0 Å². The second-order valence-electron chi connectivity index (χ2n) is 13.8. The van der Waals surface area contributed by atoms with Crippen molar-refractivity contribution in [2.24, 2.45) is 0 Å². The first-order chi connectivity index (χ1) is 25.7. The lowest BCUT2D eigenvalue weighted by molar-refractivity contribution is 0.487. The first kappa shape index (κ1) is 29.1. The van der Waals surface area contributed by atoms with Crippen molar-refractivity contribution in [3.05, 3.63) is 175 Å². The van der Waals surface area contributed by atoms with Gasteiger partial charge >= 0.3 is 0 Å². The van der Waals surface area contributed by atoms with Gasteiger partial charge in [0.1, 0.15) is 22.7 Å². The molecular formula is C47H31BN2O2. The van der Waals surface area contributed by atoms with Gasteiger partial charge in [-0.2, -0.15) is 0 Å². The Bertz CT molecular complexity index is 2810. The Labute approximate surface area is 301 Å². The Hall–Kier alpha value is -6.72. The van der Waals surface area contributed by atoms with Crippen LogP contribution < -0.4 is 30.9 Å². The topological polar surface area (TPSA) is 28.9 Å². The van der Waals surface area contributed by atoms with Gasteiger partial charge in [-0.3, -0.25) is 0 Å². The minimum Gasteiger partial charge on any atom is -0.458 e. The number of benzene rings is 8. The SMILES string of the molecule is Cc1cc2c3c(c1)N(c1ccccc1)c1ccc4ccccc4c1B3c1cc3oc4cc(N(c5ccccc5)c5ccccc5)ccc4c3cc1O2. The third kappa shape index (κ3) is 4.29. The third-order valence-electron chi connectivity index (χ3n) is 10.7. The van der Waals surface area contributed by atoms with Gasteiger partial charge in [0.05, 0.1) is 0 Å². The molecule has 0 atom stereocenters. The van der Waals surface area contributed by atoms with E-state index in [9.17, 15) is 0 Å². The predicted octanol–water partition coefficient (Wildman–Crippen LogP) is 10.9. The summed E-state index contributed by atoms with van der Waals surface area (Å²) in [6, 6.07) is 60.4. The van der Waals surface area contributed by atoms with E-state index in [1.54, 1.807) is 0 Å². The van der Waals surface area contributed by atoms with E-state index in [0.29, 0.717) is 0 Å². The van der Waals surface area contributed by atoms with Gasteiger partial charge in [-0.25, -0.2) is 0 Å². The smallest absolute Gasteiger partial charge is 0.257 e. The average molecular weight is 667 g/mol. The van der Waals surface area contributed by atoms with Crippen LogP contribution in [0.5, 0.6) is 11.5 Å². The molecule has 8 aromatic carbocycles. The number of nitrogens with zero attached hydrogens (tertiary/aromatic N) is 2. The standard InChI is InChI=1S/C47H31BN2O2/c1-30-25-41-47-45(26-30)52-44-28-38-37-23-22-35(49(32-14-5-2-6-15-32)33-16-7-3-8-17-33)27-42(37)51-43(38)29-39(44)48(47)46-36-20-12-11-13-31(36)21-24-40(46)50(41)34-18-9-4-10-19-34/h2-29H,1H3. The normalized spacial score (nSPS) is 12.8. The van der Waals surface area contributed by atoms with E-state index < -0.39 is 0 Å². The van der Waals surface area contributed by atoms with Crippen LogP contribution in [0.1, 0.15) is 5.56 Å². The Morgan fingerprint density at radius 3 is 1.96 bits per heavy atom. The van der Waals surface area contributed by atoms with Gasteiger partial charge in [0, 0.05) is 51.0 Å². The molecule has 2 aliphatic heterocycles. The molecular weight excluding hydrogens is 635 g/mol. The van der Waals surface area contributed by atoms with Crippen molar-refractivity contribution in [2.45, 2.75) is 6.92 Å². The van der Waals surface area contributed by atoms with Crippen LogP contribution >= 0.6 is 0 Å². The number of para-hydroxylation sites is 3. The zero-order valence-corrected chi connectivity index (χ0v) is 28.5. The molecule has 0 amide bonds. The molecule has 0 radical (unpaired) electrons. The van der Waals surface area contributed by atoms with Crippen molar-refractivity contribution >= 4 is 89.9 Å². The molecule has 0 unspecified atom stereocenters. The molecule has 244 valence electrons. The van der Waals surface area contributed by atoms with E-state index in [4.69, 9.17) is 9.15 Å². The van der Waals surface area contributed by atoms with Crippen molar-refractivity contribution < 1.29 is 9.15 Å². The number of fused-ring (bicyclic) bond motifs is 9. The summed E-state index contributed by atoms with van der Waals surface area (Å²) in [7, 11) is 0. The molecule has 2 aliphatic rings. The number of hydrogen-bond donors (Lipinski definition) is 0. The summed E-state index contributed by atoms with van der Waals surface area (Å²) in [4.78, 5) is 4.68. The van der Waals surface area contributed by atoms with Crippen LogP contribution in [-0.2, 0) is 0 Å². The van der Waals surface area contributed by atoms with Crippen LogP contribution in [0.25, 0.3) is 32.7 Å². The molecule has 0 aliphatic carbocycles. The quantitative estimate of drug-likeness (QED) is 0.175. The fourth-order valence-corrected chi connectivity index (χ4v) is 8.51. The monoisotopic (exact) mass is 666 g/mol. The van der Waals surface area contributed by atoms with Crippen molar-refractivity contribution in [1.29, 1.82) is 0 Å². The van der Waals surface area contributed by atoms with Crippen molar-refractivity contribution in [2.75, 3.05) is 9.80 Å². The molecule has 0 bridgehead atoms. The lowest BCUT2D eigenvalue weighted by atomic mass is 9.33. The first-order valence-corrected chi connectivity index (χ1v) is 17.8. The van der Waals surface area contributed by atoms with Gasteiger partial charge in [-0.15, -0.1) is 0 Å². The van der Waals surface area contributed by atoms with Gasteiger partial charge in [0.15, 0.2) is 0 Å². The van der Waals surface area contributed by atoms with E-state index >= 15 is 0 Å². The molecule has 52 heavy (non-hydrogen) atoms. The fourth-order valence-electron chi connectivity index (χ4n) is 8.51. The van der Waals surface area contributed by atoms with Crippen LogP contribution in [0.2, 0.25) is 0 Å². The molecule has 3 heterocycles. The zero-order chi connectivity index (χ0) is 34.3. The van der Waals surface area contributed by atoms with Crippen molar-refractivity contribution in [3.63, 3.8) is 0 Å².